The SMILES string of the molecule is CCCOc1ccc(-c2ccnc(CCCc3ccc(O)c(OC)c3)n2)cc1. The minimum Gasteiger partial charge on any atom is -0.504 e. The molecule has 1 N–H and O–H groups in total. The number of hydrogen-bond donors (Lipinski definition) is 1. The van der Waals surface area contributed by atoms with Crippen LogP contribution >= 0.6 is 0 Å². The van der Waals surface area contributed by atoms with E-state index >= 15 is 0 Å². The standard InChI is InChI=1S/C23H26N2O3/c1-3-15-28-19-10-8-18(9-11-19)20-13-14-24-23(25-20)6-4-5-17-7-12-21(26)22(16-17)27-2/h7-14,16,26H,3-6,15H2,1-2H3. The fraction of sp³-hybridized carbons (Fsp3) is 0.304. The Morgan fingerprint density at radius 1 is 1.00 bits per heavy atom. The van der Waals surface area contributed by atoms with Gasteiger partial charge >= 0.3 is 0 Å². The van der Waals surface area contributed by atoms with Crippen LogP contribution in [0.4, 0.5) is 0 Å². The highest BCUT2D eigenvalue weighted by atomic mass is 16.5. The summed E-state index contributed by atoms with van der Waals surface area (Å²) in [4.78, 5) is 9.10. The van der Waals surface area contributed by atoms with Gasteiger partial charge in [0.25, 0.3) is 0 Å². The van der Waals surface area contributed by atoms with Crippen LogP contribution in [0.3, 0.4) is 0 Å². The molecule has 0 unspecified atom stereocenters. The van der Waals surface area contributed by atoms with Crippen LogP contribution in [0.2, 0.25) is 0 Å². The van der Waals surface area contributed by atoms with Gasteiger partial charge < -0.3 is 14.6 Å². The normalized spacial score (nSPS) is 10.6. The summed E-state index contributed by atoms with van der Waals surface area (Å²) in [5.74, 6) is 2.37. The summed E-state index contributed by atoms with van der Waals surface area (Å²) in [6.45, 7) is 2.82. The predicted octanol–water partition coefficient (Wildman–Crippen LogP) is 4.82. The van der Waals surface area contributed by atoms with Crippen LogP contribution in [0.15, 0.2) is 54.7 Å². The Hall–Kier alpha value is -3.08. The van der Waals surface area contributed by atoms with Crippen molar-refractivity contribution in [2.45, 2.75) is 32.6 Å². The van der Waals surface area contributed by atoms with Gasteiger partial charge in [0.2, 0.25) is 0 Å². The van der Waals surface area contributed by atoms with Crippen LogP contribution in [-0.2, 0) is 12.8 Å². The van der Waals surface area contributed by atoms with Crippen molar-refractivity contribution in [1.29, 1.82) is 0 Å². The van der Waals surface area contributed by atoms with Gasteiger partial charge in [-0.25, -0.2) is 9.97 Å². The monoisotopic (exact) mass is 378 g/mol. The molecular weight excluding hydrogens is 352 g/mol. The zero-order valence-electron chi connectivity index (χ0n) is 16.4. The molecule has 0 aliphatic rings. The van der Waals surface area contributed by atoms with Gasteiger partial charge in [-0.2, -0.15) is 0 Å². The lowest BCUT2D eigenvalue weighted by molar-refractivity contribution is 0.317. The fourth-order valence-corrected chi connectivity index (χ4v) is 2.95. The number of aromatic hydroxyl groups is 1. The zero-order valence-corrected chi connectivity index (χ0v) is 16.4. The second kappa shape index (κ2) is 9.74. The topological polar surface area (TPSA) is 64.5 Å². The fourth-order valence-electron chi connectivity index (χ4n) is 2.95. The van der Waals surface area contributed by atoms with E-state index in [4.69, 9.17) is 14.5 Å². The Morgan fingerprint density at radius 2 is 1.82 bits per heavy atom. The Kier molecular flexibility index (Phi) is 6.84. The molecule has 5 nitrogen and oxygen atoms in total. The number of nitrogens with zero attached hydrogens (tertiary/aromatic N) is 2. The third-order valence-electron chi connectivity index (χ3n) is 4.44. The Labute approximate surface area is 166 Å². The van der Waals surface area contributed by atoms with E-state index in [9.17, 15) is 5.11 Å². The molecule has 0 bridgehead atoms. The van der Waals surface area contributed by atoms with Crippen molar-refractivity contribution in [3.05, 3.63) is 66.1 Å². The van der Waals surface area contributed by atoms with Crippen molar-refractivity contribution in [2.24, 2.45) is 0 Å². The van der Waals surface area contributed by atoms with Crippen LogP contribution in [-0.4, -0.2) is 28.8 Å². The van der Waals surface area contributed by atoms with Gasteiger partial charge in [0.15, 0.2) is 11.5 Å². The van der Waals surface area contributed by atoms with E-state index in [0.717, 1.165) is 60.7 Å². The van der Waals surface area contributed by atoms with Crippen LogP contribution in [0, 0.1) is 0 Å². The molecule has 28 heavy (non-hydrogen) atoms. The molecule has 3 aromatic rings. The van der Waals surface area contributed by atoms with Crippen LogP contribution in [0.25, 0.3) is 11.3 Å². The van der Waals surface area contributed by atoms with E-state index < -0.39 is 0 Å². The minimum absolute atomic E-state index is 0.161. The molecule has 0 radical (unpaired) electrons. The molecule has 146 valence electrons. The summed E-state index contributed by atoms with van der Waals surface area (Å²) in [5, 5.41) is 9.68. The molecule has 3 rings (SSSR count). The number of methoxy groups -OCH3 is 1. The molecule has 2 aromatic carbocycles. The predicted molar refractivity (Wildman–Crippen MR) is 110 cm³/mol. The number of phenolic OH excluding ortho intramolecular Hbond substituents is 1. The number of aryl methyl sites for hydroxylation is 2. The van der Waals surface area contributed by atoms with Crippen molar-refractivity contribution in [3.8, 4) is 28.5 Å². The molecule has 0 aliphatic heterocycles. The highest BCUT2D eigenvalue weighted by Crippen LogP contribution is 2.27. The van der Waals surface area contributed by atoms with Gasteiger partial charge in [0.05, 0.1) is 19.4 Å². The maximum atomic E-state index is 9.68. The average molecular weight is 378 g/mol. The van der Waals surface area contributed by atoms with Gasteiger partial charge in [0, 0.05) is 18.2 Å². The highest BCUT2D eigenvalue weighted by Gasteiger charge is 2.06. The lowest BCUT2D eigenvalue weighted by atomic mass is 10.1. The number of benzene rings is 2. The van der Waals surface area contributed by atoms with Crippen LogP contribution < -0.4 is 9.47 Å². The largest absolute Gasteiger partial charge is 0.504 e. The third kappa shape index (κ3) is 5.22. The number of hydrogen-bond acceptors (Lipinski definition) is 5. The maximum Gasteiger partial charge on any atom is 0.160 e. The molecule has 0 saturated heterocycles. The summed E-state index contributed by atoms with van der Waals surface area (Å²) >= 11 is 0. The number of rotatable bonds is 9. The van der Waals surface area contributed by atoms with E-state index in [1.807, 2.05) is 48.7 Å². The quantitative estimate of drug-likeness (QED) is 0.578. The summed E-state index contributed by atoms with van der Waals surface area (Å²) in [7, 11) is 1.56. The summed E-state index contributed by atoms with van der Waals surface area (Å²) in [5.41, 5.74) is 3.09. The second-order valence-corrected chi connectivity index (χ2v) is 6.59. The smallest absolute Gasteiger partial charge is 0.160 e. The molecule has 0 saturated carbocycles. The Balaban J connectivity index is 1.60. The minimum atomic E-state index is 0.161. The maximum absolute atomic E-state index is 9.68. The van der Waals surface area contributed by atoms with Gasteiger partial charge in [0.1, 0.15) is 11.6 Å². The molecular formula is C23H26N2O3. The Bertz CT molecular complexity index is 895. The van der Waals surface area contributed by atoms with Crippen LogP contribution in [0.1, 0.15) is 31.2 Å². The molecule has 0 amide bonds. The third-order valence-corrected chi connectivity index (χ3v) is 4.44. The molecule has 0 atom stereocenters. The van der Waals surface area contributed by atoms with E-state index in [1.165, 1.54) is 0 Å². The number of aromatic nitrogens is 2. The van der Waals surface area contributed by atoms with E-state index in [-0.39, 0.29) is 5.75 Å². The lowest BCUT2D eigenvalue weighted by Gasteiger charge is -2.08. The number of ether oxygens (including phenoxy) is 2. The van der Waals surface area contributed by atoms with Crippen molar-refractivity contribution in [2.75, 3.05) is 13.7 Å². The first-order chi connectivity index (χ1) is 13.7. The molecule has 0 fully saturated rings. The van der Waals surface area contributed by atoms with E-state index in [2.05, 4.69) is 11.9 Å². The molecule has 5 heteroatoms. The first-order valence-electron chi connectivity index (χ1n) is 9.60. The lowest BCUT2D eigenvalue weighted by Crippen LogP contribution is -1.98. The Morgan fingerprint density at radius 3 is 2.57 bits per heavy atom. The second-order valence-electron chi connectivity index (χ2n) is 6.59. The van der Waals surface area contributed by atoms with E-state index in [1.54, 1.807) is 13.2 Å². The zero-order chi connectivity index (χ0) is 19.8. The van der Waals surface area contributed by atoms with Gasteiger partial charge in [-0.05, 0) is 67.3 Å². The van der Waals surface area contributed by atoms with Crippen molar-refractivity contribution < 1.29 is 14.6 Å². The molecule has 0 spiro atoms. The first kappa shape index (κ1) is 19.7. The molecule has 1 aromatic heterocycles. The summed E-state index contributed by atoms with van der Waals surface area (Å²) in [6.07, 6.45) is 5.38. The van der Waals surface area contributed by atoms with Crippen molar-refractivity contribution in [3.63, 3.8) is 0 Å². The molecule has 0 aliphatic carbocycles. The van der Waals surface area contributed by atoms with E-state index in [0.29, 0.717) is 5.75 Å². The number of phenols is 1. The van der Waals surface area contributed by atoms with Crippen molar-refractivity contribution >= 4 is 0 Å². The average Bonchev–Trinajstić information content (AvgIpc) is 2.74. The summed E-state index contributed by atoms with van der Waals surface area (Å²) in [6, 6.07) is 15.4. The molecule has 1 heterocycles. The van der Waals surface area contributed by atoms with Crippen LogP contribution in [0.5, 0.6) is 17.2 Å². The van der Waals surface area contributed by atoms with Gasteiger partial charge in [-0.1, -0.05) is 13.0 Å². The van der Waals surface area contributed by atoms with Gasteiger partial charge in [-0.3, -0.25) is 0 Å². The highest BCUT2D eigenvalue weighted by molar-refractivity contribution is 5.59. The van der Waals surface area contributed by atoms with Gasteiger partial charge in [-0.15, -0.1) is 0 Å². The van der Waals surface area contributed by atoms with Crippen molar-refractivity contribution in [1.82, 2.24) is 9.97 Å². The summed E-state index contributed by atoms with van der Waals surface area (Å²) < 4.78 is 10.8. The first-order valence-corrected chi connectivity index (χ1v) is 9.60.